The minimum Gasteiger partial charge on any atom is -0.339 e. The highest BCUT2D eigenvalue weighted by atomic mass is 79.9. The van der Waals surface area contributed by atoms with Crippen LogP contribution in [0.15, 0.2) is 38.9 Å². The van der Waals surface area contributed by atoms with E-state index in [9.17, 15) is 14.0 Å². The van der Waals surface area contributed by atoms with Crippen LogP contribution in [0, 0.1) is 11.7 Å². The molecule has 3 aliphatic rings. The lowest BCUT2D eigenvalue weighted by Crippen LogP contribution is -2.44. The van der Waals surface area contributed by atoms with E-state index in [1.807, 2.05) is 11.8 Å². The molecule has 1 aromatic carbocycles. The predicted octanol–water partition coefficient (Wildman–Crippen LogP) is 4.78. The molecular formula is C22H24BrFN2O2. The van der Waals surface area contributed by atoms with Crippen LogP contribution in [-0.2, 0) is 9.59 Å². The molecule has 1 saturated carbocycles. The number of carbonyl (C=O) groups is 2. The van der Waals surface area contributed by atoms with E-state index in [0.717, 1.165) is 42.3 Å². The van der Waals surface area contributed by atoms with Gasteiger partial charge in [0.15, 0.2) is 0 Å². The Balaban J connectivity index is 1.86. The minimum atomic E-state index is -0.604. The number of likely N-dealkylation sites (tertiary alicyclic amines) is 1. The van der Waals surface area contributed by atoms with Crippen LogP contribution in [0.25, 0.3) is 0 Å². The molecule has 1 aliphatic carbocycles. The second-order valence-electron chi connectivity index (χ2n) is 7.90. The molecule has 1 aromatic rings. The van der Waals surface area contributed by atoms with Gasteiger partial charge in [-0.05, 0) is 62.8 Å². The molecule has 1 amide bonds. The third-order valence-corrected chi connectivity index (χ3v) is 6.57. The molecule has 2 fully saturated rings. The minimum absolute atomic E-state index is 0.0609. The van der Waals surface area contributed by atoms with Gasteiger partial charge in [-0.2, -0.15) is 0 Å². The predicted molar refractivity (Wildman–Crippen MR) is 110 cm³/mol. The molecule has 2 heterocycles. The van der Waals surface area contributed by atoms with Crippen molar-refractivity contribution in [2.24, 2.45) is 10.9 Å². The normalized spacial score (nSPS) is 25.5. The summed E-state index contributed by atoms with van der Waals surface area (Å²) >= 11 is 3.42. The maximum atomic E-state index is 14.9. The first-order valence-electron chi connectivity index (χ1n) is 10.0. The van der Waals surface area contributed by atoms with Crippen LogP contribution in [0.2, 0.25) is 0 Å². The van der Waals surface area contributed by atoms with Crippen LogP contribution in [0.4, 0.5) is 4.39 Å². The van der Waals surface area contributed by atoms with E-state index in [1.54, 1.807) is 12.1 Å². The first-order chi connectivity index (χ1) is 13.5. The second-order valence-corrected chi connectivity index (χ2v) is 8.81. The van der Waals surface area contributed by atoms with E-state index >= 15 is 0 Å². The van der Waals surface area contributed by atoms with Crippen LogP contribution in [0.1, 0.15) is 56.9 Å². The molecule has 4 nitrogen and oxygen atoms in total. The summed E-state index contributed by atoms with van der Waals surface area (Å²) in [6.45, 7) is 3.24. The summed E-state index contributed by atoms with van der Waals surface area (Å²) in [5, 5.41) is 0. The number of benzene rings is 1. The number of Topliss-reactive ketones (excluding diaryl/α,β-unsaturated/α-hetero) is 1. The number of aliphatic imine (C=N–C) groups is 1. The molecule has 2 atom stereocenters. The Labute approximate surface area is 173 Å². The Hall–Kier alpha value is -1.82. The third-order valence-electron chi connectivity index (χ3n) is 6.07. The van der Waals surface area contributed by atoms with Crippen molar-refractivity contribution in [3.05, 3.63) is 45.3 Å². The van der Waals surface area contributed by atoms with Crippen molar-refractivity contribution < 1.29 is 14.0 Å². The Morgan fingerprint density at radius 1 is 1.14 bits per heavy atom. The first kappa shape index (κ1) is 19.5. The van der Waals surface area contributed by atoms with Gasteiger partial charge in [-0.1, -0.05) is 15.9 Å². The van der Waals surface area contributed by atoms with Crippen LogP contribution >= 0.6 is 15.9 Å². The molecule has 148 valence electrons. The number of nitrogens with zero attached hydrogens (tertiary/aromatic N) is 2. The van der Waals surface area contributed by atoms with E-state index in [1.165, 1.54) is 6.07 Å². The number of ketones is 1. The van der Waals surface area contributed by atoms with Gasteiger partial charge in [0, 0.05) is 46.9 Å². The molecule has 2 aliphatic heterocycles. The van der Waals surface area contributed by atoms with Gasteiger partial charge < -0.3 is 4.90 Å². The average molecular weight is 447 g/mol. The van der Waals surface area contributed by atoms with Gasteiger partial charge in [-0.25, -0.2) is 4.39 Å². The SMILES string of the molecule is CC1=C(C(=O)N2CCCCC2)[C@@H](c2cc(Br)ccc2F)[C@H]2C(=O)CCCC2=N1. The summed E-state index contributed by atoms with van der Waals surface area (Å²) in [5.74, 6) is -1.56. The summed E-state index contributed by atoms with van der Waals surface area (Å²) in [4.78, 5) is 32.9. The Kier molecular flexibility index (Phi) is 5.50. The molecular weight excluding hydrogens is 423 g/mol. The fraction of sp³-hybridized carbons (Fsp3) is 0.500. The van der Waals surface area contributed by atoms with E-state index in [0.29, 0.717) is 36.3 Å². The highest BCUT2D eigenvalue weighted by Crippen LogP contribution is 2.44. The molecule has 0 radical (unpaired) electrons. The highest BCUT2D eigenvalue weighted by Gasteiger charge is 2.45. The van der Waals surface area contributed by atoms with E-state index in [-0.39, 0.29) is 17.5 Å². The number of fused-ring (bicyclic) bond motifs is 1. The monoisotopic (exact) mass is 446 g/mol. The lowest BCUT2D eigenvalue weighted by Gasteiger charge is -2.38. The summed E-state index contributed by atoms with van der Waals surface area (Å²) in [5.41, 5.74) is 2.32. The number of amides is 1. The van der Waals surface area contributed by atoms with Crippen molar-refractivity contribution in [1.29, 1.82) is 0 Å². The van der Waals surface area contributed by atoms with Crippen LogP contribution in [-0.4, -0.2) is 35.4 Å². The van der Waals surface area contributed by atoms with Crippen molar-refractivity contribution in [2.75, 3.05) is 13.1 Å². The summed E-state index contributed by atoms with van der Waals surface area (Å²) in [6, 6.07) is 4.75. The maximum Gasteiger partial charge on any atom is 0.252 e. The Morgan fingerprint density at radius 3 is 2.64 bits per heavy atom. The number of piperidine rings is 1. The largest absolute Gasteiger partial charge is 0.339 e. The zero-order valence-electron chi connectivity index (χ0n) is 16.0. The van der Waals surface area contributed by atoms with Gasteiger partial charge in [-0.15, -0.1) is 0 Å². The number of carbonyl (C=O) groups excluding carboxylic acids is 2. The summed E-state index contributed by atoms with van der Waals surface area (Å²) < 4.78 is 15.7. The van der Waals surface area contributed by atoms with Gasteiger partial charge in [0.05, 0.1) is 5.92 Å². The summed E-state index contributed by atoms with van der Waals surface area (Å²) in [6.07, 6.45) is 5.03. The molecule has 4 rings (SSSR count). The van der Waals surface area contributed by atoms with E-state index in [4.69, 9.17) is 0 Å². The van der Waals surface area contributed by atoms with Gasteiger partial charge in [-0.3, -0.25) is 14.6 Å². The van der Waals surface area contributed by atoms with Crippen molar-refractivity contribution in [3.8, 4) is 0 Å². The van der Waals surface area contributed by atoms with E-state index in [2.05, 4.69) is 20.9 Å². The fourth-order valence-corrected chi connectivity index (χ4v) is 5.13. The van der Waals surface area contributed by atoms with E-state index < -0.39 is 11.8 Å². The van der Waals surface area contributed by atoms with Crippen molar-refractivity contribution in [3.63, 3.8) is 0 Å². The molecule has 1 saturated heterocycles. The number of rotatable bonds is 2. The molecule has 0 bridgehead atoms. The number of allylic oxidation sites excluding steroid dienone is 1. The molecule has 0 spiro atoms. The average Bonchev–Trinajstić information content (AvgIpc) is 2.69. The standard InChI is InChI=1S/C22H24BrFN2O2/c1-13-19(22(28)26-10-3-2-4-11-26)20(15-12-14(23)8-9-16(15)24)21-17(25-13)6-5-7-18(21)27/h8-9,12,20-21H,2-7,10-11H2,1H3/t20-,21-/m1/s1. The van der Waals surface area contributed by atoms with Crippen molar-refractivity contribution in [2.45, 2.75) is 51.4 Å². The molecule has 28 heavy (non-hydrogen) atoms. The van der Waals surface area contributed by atoms with Gasteiger partial charge >= 0.3 is 0 Å². The summed E-state index contributed by atoms with van der Waals surface area (Å²) in [7, 11) is 0. The first-order valence-corrected chi connectivity index (χ1v) is 10.8. The topological polar surface area (TPSA) is 49.7 Å². The lowest BCUT2D eigenvalue weighted by atomic mass is 9.69. The van der Waals surface area contributed by atoms with Gasteiger partial charge in [0.2, 0.25) is 0 Å². The molecule has 0 unspecified atom stereocenters. The second kappa shape index (κ2) is 7.90. The number of hydrogen-bond acceptors (Lipinski definition) is 3. The Bertz CT molecular complexity index is 887. The van der Waals surface area contributed by atoms with Crippen LogP contribution in [0.5, 0.6) is 0 Å². The molecule has 0 aromatic heterocycles. The van der Waals surface area contributed by atoms with Gasteiger partial charge in [0.25, 0.3) is 5.91 Å². The molecule has 6 heteroatoms. The highest BCUT2D eigenvalue weighted by molar-refractivity contribution is 9.10. The third kappa shape index (κ3) is 3.47. The fourth-order valence-electron chi connectivity index (χ4n) is 4.75. The number of halogens is 2. The number of hydrogen-bond donors (Lipinski definition) is 0. The van der Waals surface area contributed by atoms with Gasteiger partial charge in [0.1, 0.15) is 11.6 Å². The molecule has 0 N–H and O–H groups in total. The smallest absolute Gasteiger partial charge is 0.252 e. The van der Waals surface area contributed by atoms with Crippen LogP contribution in [0.3, 0.4) is 0 Å². The zero-order chi connectivity index (χ0) is 19.8. The zero-order valence-corrected chi connectivity index (χ0v) is 17.6. The maximum absolute atomic E-state index is 14.9. The van der Waals surface area contributed by atoms with Crippen molar-refractivity contribution in [1.82, 2.24) is 4.90 Å². The lowest BCUT2D eigenvalue weighted by molar-refractivity contribution is -0.128. The van der Waals surface area contributed by atoms with Crippen molar-refractivity contribution >= 4 is 33.3 Å². The van der Waals surface area contributed by atoms with Crippen LogP contribution < -0.4 is 0 Å². The Morgan fingerprint density at radius 2 is 1.89 bits per heavy atom. The quantitative estimate of drug-likeness (QED) is 0.655.